The summed E-state index contributed by atoms with van der Waals surface area (Å²) in [7, 11) is 0. The summed E-state index contributed by atoms with van der Waals surface area (Å²) in [5.74, 6) is 0.471. The van der Waals surface area contributed by atoms with Crippen molar-refractivity contribution in [2.24, 2.45) is 5.92 Å². The van der Waals surface area contributed by atoms with Gasteiger partial charge in [-0.15, -0.1) is 23.7 Å². The summed E-state index contributed by atoms with van der Waals surface area (Å²) >= 11 is 1.52. The van der Waals surface area contributed by atoms with Crippen LogP contribution in [-0.4, -0.2) is 22.1 Å². The van der Waals surface area contributed by atoms with Gasteiger partial charge in [-0.1, -0.05) is 19.3 Å². The van der Waals surface area contributed by atoms with Crippen molar-refractivity contribution >= 4 is 46.6 Å². The predicted octanol–water partition coefficient (Wildman–Crippen LogP) is 5.27. The van der Waals surface area contributed by atoms with Crippen LogP contribution in [0.25, 0.3) is 6.08 Å². The maximum atomic E-state index is 11.3. The summed E-state index contributed by atoms with van der Waals surface area (Å²) in [5.41, 5.74) is 1.80. The van der Waals surface area contributed by atoms with Crippen molar-refractivity contribution in [3.8, 4) is 0 Å². The van der Waals surface area contributed by atoms with Gasteiger partial charge in [0, 0.05) is 30.4 Å². The van der Waals surface area contributed by atoms with Gasteiger partial charge in [0.2, 0.25) is 0 Å². The minimum Gasteiger partial charge on any atom is -0.463 e. The molecule has 26 heavy (non-hydrogen) atoms. The van der Waals surface area contributed by atoms with E-state index in [1.807, 2.05) is 5.38 Å². The molecule has 1 N–H and O–H groups in total. The van der Waals surface area contributed by atoms with E-state index in [1.54, 1.807) is 13.0 Å². The van der Waals surface area contributed by atoms with Crippen LogP contribution in [0, 0.1) is 5.92 Å². The molecule has 7 heteroatoms. The Labute approximate surface area is 164 Å². The summed E-state index contributed by atoms with van der Waals surface area (Å²) in [6.45, 7) is 3.27. The Hall–Kier alpha value is -1.79. The van der Waals surface area contributed by atoms with Gasteiger partial charge in [0.1, 0.15) is 0 Å². The second-order valence-electron chi connectivity index (χ2n) is 6.39. The average Bonchev–Trinajstić information content (AvgIpc) is 3.24. The first-order valence-electron chi connectivity index (χ1n) is 8.96. The Morgan fingerprint density at radius 2 is 2.23 bits per heavy atom. The molecule has 5 nitrogen and oxygen atoms in total. The summed E-state index contributed by atoms with van der Waals surface area (Å²) in [6, 6.07) is 2.08. The van der Waals surface area contributed by atoms with Gasteiger partial charge in [0.05, 0.1) is 18.0 Å². The normalized spacial score (nSPS) is 15.0. The molecule has 1 aliphatic carbocycles. The fourth-order valence-corrected chi connectivity index (χ4v) is 3.88. The lowest BCUT2D eigenvalue weighted by Crippen LogP contribution is -2.12. The van der Waals surface area contributed by atoms with E-state index < -0.39 is 0 Å². The average molecular weight is 396 g/mol. The highest BCUT2D eigenvalue weighted by Crippen LogP contribution is 2.26. The van der Waals surface area contributed by atoms with Crippen LogP contribution < -0.4 is 5.32 Å². The van der Waals surface area contributed by atoms with Crippen LogP contribution in [0.4, 0.5) is 10.8 Å². The third-order valence-corrected chi connectivity index (χ3v) is 5.17. The molecule has 0 radical (unpaired) electrons. The summed E-state index contributed by atoms with van der Waals surface area (Å²) < 4.78 is 7.13. The van der Waals surface area contributed by atoms with Gasteiger partial charge >= 0.3 is 5.97 Å². The zero-order valence-corrected chi connectivity index (χ0v) is 16.7. The van der Waals surface area contributed by atoms with E-state index in [-0.39, 0.29) is 18.4 Å². The summed E-state index contributed by atoms with van der Waals surface area (Å²) in [4.78, 5) is 15.8. The lowest BCUT2D eigenvalue weighted by molar-refractivity contribution is -0.137. The molecule has 0 atom stereocenters. The second-order valence-corrected chi connectivity index (χ2v) is 7.25. The number of aromatic nitrogens is 2. The van der Waals surface area contributed by atoms with Crippen molar-refractivity contribution in [2.45, 2.75) is 45.6 Å². The number of rotatable bonds is 7. The highest BCUT2D eigenvalue weighted by atomic mass is 35.5. The van der Waals surface area contributed by atoms with Gasteiger partial charge in [-0.05, 0) is 37.8 Å². The molecule has 3 rings (SSSR count). The molecule has 0 amide bonds. The number of anilines is 2. The predicted molar refractivity (Wildman–Crippen MR) is 109 cm³/mol. The number of nitrogens with zero attached hydrogens (tertiary/aromatic N) is 2. The molecule has 0 unspecified atom stereocenters. The van der Waals surface area contributed by atoms with Gasteiger partial charge in [-0.25, -0.2) is 9.78 Å². The van der Waals surface area contributed by atoms with E-state index >= 15 is 0 Å². The van der Waals surface area contributed by atoms with Crippen LogP contribution in [0.1, 0.15) is 44.7 Å². The molecular formula is C19H26ClN3O2S. The summed E-state index contributed by atoms with van der Waals surface area (Å²) in [5, 5.41) is 6.06. The van der Waals surface area contributed by atoms with E-state index in [9.17, 15) is 4.79 Å². The number of ether oxygens (including phenoxy) is 1. The van der Waals surface area contributed by atoms with Crippen molar-refractivity contribution in [2.75, 3.05) is 11.9 Å². The molecule has 0 aliphatic heterocycles. The Kier molecular flexibility index (Phi) is 8.19. The standard InChI is InChI=1S/C19H25N3O2S.ClH/c1-2-24-18(23)9-8-17-14-25-19(21-17)20-16-10-11-22(13-16)12-15-6-4-3-5-7-15;/h8-11,13-15H,2-7,12H2,1H3,(H,20,21);1H/b9-8+;. The Bertz CT molecular complexity index is 720. The quantitative estimate of drug-likeness (QED) is 0.512. The minimum atomic E-state index is -0.343. The van der Waals surface area contributed by atoms with Crippen LogP contribution in [0.5, 0.6) is 0 Å². The number of carbonyl (C=O) groups is 1. The minimum absolute atomic E-state index is 0. The first-order chi connectivity index (χ1) is 12.2. The van der Waals surface area contributed by atoms with Gasteiger partial charge in [0.15, 0.2) is 5.13 Å². The maximum Gasteiger partial charge on any atom is 0.330 e. The Morgan fingerprint density at radius 1 is 1.42 bits per heavy atom. The first-order valence-corrected chi connectivity index (χ1v) is 9.84. The molecule has 0 bridgehead atoms. The number of hydrogen-bond acceptors (Lipinski definition) is 5. The number of esters is 1. The van der Waals surface area contributed by atoms with Gasteiger partial charge in [-0.2, -0.15) is 0 Å². The summed E-state index contributed by atoms with van der Waals surface area (Å²) in [6.07, 6.45) is 14.2. The van der Waals surface area contributed by atoms with Crippen LogP contribution in [0.3, 0.4) is 0 Å². The van der Waals surface area contributed by atoms with Crippen molar-refractivity contribution in [1.29, 1.82) is 0 Å². The number of nitrogens with one attached hydrogen (secondary N) is 1. The first kappa shape index (κ1) is 20.5. The number of halogens is 1. The third kappa shape index (κ3) is 6.18. The smallest absolute Gasteiger partial charge is 0.330 e. The molecule has 0 aromatic carbocycles. The van der Waals surface area contributed by atoms with Crippen LogP contribution in [0.2, 0.25) is 0 Å². The van der Waals surface area contributed by atoms with Gasteiger partial charge in [-0.3, -0.25) is 0 Å². The molecule has 0 spiro atoms. The zero-order chi connectivity index (χ0) is 17.5. The lowest BCUT2D eigenvalue weighted by Gasteiger charge is -2.21. The van der Waals surface area contributed by atoms with Crippen molar-refractivity contribution in [3.63, 3.8) is 0 Å². The fourth-order valence-electron chi connectivity index (χ4n) is 3.18. The van der Waals surface area contributed by atoms with E-state index in [1.165, 1.54) is 49.5 Å². The van der Waals surface area contributed by atoms with Crippen LogP contribution in [-0.2, 0) is 16.1 Å². The second kappa shape index (κ2) is 10.4. The molecule has 1 saturated carbocycles. The zero-order valence-electron chi connectivity index (χ0n) is 15.0. The molecular weight excluding hydrogens is 370 g/mol. The number of thiazole rings is 1. The maximum absolute atomic E-state index is 11.3. The van der Waals surface area contributed by atoms with E-state index in [0.29, 0.717) is 6.61 Å². The van der Waals surface area contributed by atoms with Crippen molar-refractivity contribution in [1.82, 2.24) is 9.55 Å². The van der Waals surface area contributed by atoms with Gasteiger partial charge < -0.3 is 14.6 Å². The highest BCUT2D eigenvalue weighted by Gasteiger charge is 2.13. The van der Waals surface area contributed by atoms with E-state index in [0.717, 1.165) is 29.0 Å². The number of carbonyl (C=O) groups excluding carboxylic acids is 1. The SMILES string of the molecule is CCOC(=O)/C=C/c1csc(Nc2ccn(CC3CCCCC3)c2)n1.Cl. The Balaban J connectivity index is 0.00000243. The number of hydrogen-bond donors (Lipinski definition) is 1. The molecule has 2 heterocycles. The molecule has 142 valence electrons. The van der Waals surface area contributed by atoms with Crippen molar-refractivity contribution in [3.05, 3.63) is 35.6 Å². The largest absolute Gasteiger partial charge is 0.463 e. The highest BCUT2D eigenvalue weighted by molar-refractivity contribution is 7.13. The van der Waals surface area contributed by atoms with E-state index in [4.69, 9.17) is 4.74 Å². The van der Waals surface area contributed by atoms with Crippen LogP contribution >= 0.6 is 23.7 Å². The topological polar surface area (TPSA) is 56.1 Å². The molecule has 1 aliphatic rings. The van der Waals surface area contributed by atoms with Crippen LogP contribution in [0.15, 0.2) is 29.9 Å². The fraction of sp³-hybridized carbons (Fsp3) is 0.474. The molecule has 1 fully saturated rings. The van der Waals surface area contributed by atoms with Crippen molar-refractivity contribution < 1.29 is 9.53 Å². The molecule has 2 aromatic rings. The monoisotopic (exact) mass is 395 g/mol. The third-order valence-electron chi connectivity index (χ3n) is 4.39. The van der Waals surface area contributed by atoms with Gasteiger partial charge in [0.25, 0.3) is 0 Å². The Morgan fingerprint density at radius 3 is 3.00 bits per heavy atom. The molecule has 2 aromatic heterocycles. The lowest BCUT2D eigenvalue weighted by atomic mass is 9.89. The molecule has 0 saturated heterocycles. The van der Waals surface area contributed by atoms with E-state index in [2.05, 4.69) is 33.3 Å².